The number of nitrogens with zero attached hydrogens (tertiary/aromatic N) is 2. The molecule has 2 N–H and O–H groups in total. The highest BCUT2D eigenvalue weighted by Crippen LogP contribution is 2.34. The molecule has 0 aliphatic carbocycles. The van der Waals surface area contributed by atoms with Gasteiger partial charge in [0.25, 0.3) is 0 Å². The molecule has 3 rings (SSSR count). The molecule has 2 heterocycles. The highest BCUT2D eigenvalue weighted by atomic mass is 16.6. The van der Waals surface area contributed by atoms with Crippen LogP contribution in [0, 0.1) is 0 Å². The SMILES string of the molecule is CC(C)(C)OC(=O)N1CCC(c2cn(N)c3ccccc23)CC1. The van der Waals surface area contributed by atoms with Crippen molar-refractivity contribution in [2.24, 2.45) is 0 Å². The number of para-hydroxylation sites is 1. The van der Waals surface area contributed by atoms with Gasteiger partial charge in [0, 0.05) is 24.7 Å². The predicted molar refractivity (Wildman–Crippen MR) is 91.9 cm³/mol. The quantitative estimate of drug-likeness (QED) is 0.820. The zero-order chi connectivity index (χ0) is 16.6. The van der Waals surface area contributed by atoms with E-state index in [1.165, 1.54) is 10.9 Å². The number of carbonyl (C=O) groups is 1. The van der Waals surface area contributed by atoms with E-state index in [4.69, 9.17) is 10.6 Å². The van der Waals surface area contributed by atoms with Crippen LogP contribution in [0.15, 0.2) is 30.5 Å². The van der Waals surface area contributed by atoms with Crippen molar-refractivity contribution in [1.29, 1.82) is 0 Å². The van der Waals surface area contributed by atoms with Crippen LogP contribution in [0.25, 0.3) is 10.9 Å². The van der Waals surface area contributed by atoms with Gasteiger partial charge in [-0.2, -0.15) is 0 Å². The molecule has 23 heavy (non-hydrogen) atoms. The van der Waals surface area contributed by atoms with Gasteiger partial charge >= 0.3 is 6.09 Å². The molecular formula is C18H25N3O2. The summed E-state index contributed by atoms with van der Waals surface area (Å²) in [5.41, 5.74) is 1.89. The molecule has 0 atom stereocenters. The van der Waals surface area contributed by atoms with Crippen molar-refractivity contribution < 1.29 is 9.53 Å². The second-order valence-corrected chi connectivity index (χ2v) is 7.25. The van der Waals surface area contributed by atoms with Crippen LogP contribution in [-0.2, 0) is 4.74 Å². The molecule has 0 radical (unpaired) electrons. The van der Waals surface area contributed by atoms with Crippen LogP contribution in [0.4, 0.5) is 4.79 Å². The molecule has 5 heteroatoms. The second kappa shape index (κ2) is 5.80. The Morgan fingerprint density at radius 3 is 2.52 bits per heavy atom. The number of rotatable bonds is 1. The molecule has 1 aromatic carbocycles. The zero-order valence-electron chi connectivity index (χ0n) is 14.1. The van der Waals surface area contributed by atoms with Crippen molar-refractivity contribution in [2.75, 3.05) is 18.9 Å². The molecule has 1 saturated heterocycles. The highest BCUT2D eigenvalue weighted by molar-refractivity contribution is 5.84. The van der Waals surface area contributed by atoms with E-state index in [2.05, 4.69) is 6.07 Å². The van der Waals surface area contributed by atoms with Gasteiger partial charge in [0.1, 0.15) is 5.60 Å². The zero-order valence-corrected chi connectivity index (χ0v) is 14.1. The lowest BCUT2D eigenvalue weighted by atomic mass is 9.89. The Balaban J connectivity index is 1.70. The van der Waals surface area contributed by atoms with E-state index in [1.54, 1.807) is 4.68 Å². The number of piperidine rings is 1. The Labute approximate surface area is 137 Å². The van der Waals surface area contributed by atoms with Gasteiger partial charge in [-0.1, -0.05) is 18.2 Å². The first-order valence-corrected chi connectivity index (χ1v) is 8.18. The molecule has 1 aromatic heterocycles. The molecule has 1 fully saturated rings. The molecular weight excluding hydrogens is 290 g/mol. The van der Waals surface area contributed by atoms with Gasteiger partial charge in [-0.15, -0.1) is 0 Å². The fraction of sp³-hybridized carbons (Fsp3) is 0.500. The lowest BCUT2D eigenvalue weighted by Gasteiger charge is -2.33. The third-order valence-corrected chi connectivity index (χ3v) is 4.36. The predicted octanol–water partition coefficient (Wildman–Crippen LogP) is 3.47. The van der Waals surface area contributed by atoms with E-state index in [0.717, 1.165) is 31.4 Å². The molecule has 0 unspecified atom stereocenters. The lowest BCUT2D eigenvalue weighted by molar-refractivity contribution is 0.0205. The molecule has 1 amide bonds. The average Bonchev–Trinajstić information content (AvgIpc) is 2.83. The molecule has 0 bridgehead atoms. The van der Waals surface area contributed by atoms with Gasteiger partial charge in [0.2, 0.25) is 0 Å². The molecule has 5 nitrogen and oxygen atoms in total. The summed E-state index contributed by atoms with van der Waals surface area (Å²) in [6.45, 7) is 7.14. The normalized spacial score (nSPS) is 16.7. The van der Waals surface area contributed by atoms with Gasteiger partial charge in [-0.25, -0.2) is 4.79 Å². The number of nitrogens with two attached hydrogens (primary N) is 1. The van der Waals surface area contributed by atoms with Gasteiger partial charge in [-0.05, 0) is 51.2 Å². The van der Waals surface area contributed by atoms with E-state index in [1.807, 2.05) is 50.1 Å². The molecule has 1 aliphatic heterocycles. The standard InChI is InChI=1S/C18H25N3O2/c1-18(2,3)23-17(22)20-10-8-13(9-11-20)15-12-21(19)16-7-5-4-6-14(15)16/h4-7,12-13H,8-11,19H2,1-3H3. The van der Waals surface area contributed by atoms with Crippen LogP contribution in [0.1, 0.15) is 45.1 Å². The summed E-state index contributed by atoms with van der Waals surface area (Å²) in [4.78, 5) is 14.0. The first kappa shape index (κ1) is 15.7. The summed E-state index contributed by atoms with van der Waals surface area (Å²) in [7, 11) is 0. The van der Waals surface area contributed by atoms with E-state index < -0.39 is 5.60 Å². The number of fused-ring (bicyclic) bond motifs is 1. The molecule has 0 saturated carbocycles. The fourth-order valence-electron chi connectivity index (χ4n) is 3.26. The van der Waals surface area contributed by atoms with Crippen molar-refractivity contribution in [3.05, 3.63) is 36.0 Å². The number of hydrogen-bond donors (Lipinski definition) is 1. The summed E-state index contributed by atoms with van der Waals surface area (Å²) in [6, 6.07) is 8.20. The van der Waals surface area contributed by atoms with Crippen LogP contribution in [0.5, 0.6) is 0 Å². The maximum absolute atomic E-state index is 12.2. The number of nitrogen functional groups attached to an aromatic ring is 1. The number of hydrogen-bond acceptors (Lipinski definition) is 3. The minimum absolute atomic E-state index is 0.211. The summed E-state index contributed by atoms with van der Waals surface area (Å²) in [6.07, 6.45) is 3.69. The summed E-state index contributed by atoms with van der Waals surface area (Å²) in [5.74, 6) is 6.49. The van der Waals surface area contributed by atoms with Crippen LogP contribution in [0.2, 0.25) is 0 Å². The van der Waals surface area contributed by atoms with Gasteiger partial charge in [0.15, 0.2) is 0 Å². The number of ether oxygens (including phenoxy) is 1. The minimum atomic E-state index is -0.444. The number of aromatic nitrogens is 1. The van der Waals surface area contributed by atoms with Crippen LogP contribution in [0.3, 0.4) is 0 Å². The molecule has 0 spiro atoms. The lowest BCUT2D eigenvalue weighted by Crippen LogP contribution is -2.41. The Morgan fingerprint density at radius 1 is 1.22 bits per heavy atom. The Hall–Kier alpha value is -2.17. The topological polar surface area (TPSA) is 60.5 Å². The van der Waals surface area contributed by atoms with Crippen LogP contribution in [-0.4, -0.2) is 34.4 Å². The first-order valence-electron chi connectivity index (χ1n) is 8.18. The Morgan fingerprint density at radius 2 is 1.87 bits per heavy atom. The van der Waals surface area contributed by atoms with Crippen molar-refractivity contribution in [2.45, 2.75) is 45.1 Å². The monoisotopic (exact) mass is 315 g/mol. The molecule has 124 valence electrons. The smallest absolute Gasteiger partial charge is 0.410 e. The van der Waals surface area contributed by atoms with Gasteiger partial charge in [0.05, 0.1) is 5.52 Å². The number of amides is 1. The van der Waals surface area contributed by atoms with Crippen molar-refractivity contribution in [3.63, 3.8) is 0 Å². The molecule has 1 aliphatic rings. The maximum Gasteiger partial charge on any atom is 0.410 e. The number of carbonyl (C=O) groups excluding carboxylic acids is 1. The minimum Gasteiger partial charge on any atom is -0.444 e. The van der Waals surface area contributed by atoms with Crippen molar-refractivity contribution >= 4 is 17.0 Å². The number of likely N-dealkylation sites (tertiary alicyclic amines) is 1. The Kier molecular flexibility index (Phi) is 3.96. The third-order valence-electron chi connectivity index (χ3n) is 4.36. The third kappa shape index (κ3) is 3.28. The van der Waals surface area contributed by atoms with E-state index in [-0.39, 0.29) is 6.09 Å². The van der Waals surface area contributed by atoms with Crippen molar-refractivity contribution in [3.8, 4) is 0 Å². The van der Waals surface area contributed by atoms with E-state index in [0.29, 0.717) is 5.92 Å². The summed E-state index contributed by atoms with van der Waals surface area (Å²) >= 11 is 0. The van der Waals surface area contributed by atoms with Gasteiger partial charge < -0.3 is 15.5 Å². The summed E-state index contributed by atoms with van der Waals surface area (Å²) in [5, 5.41) is 1.21. The van der Waals surface area contributed by atoms with Crippen LogP contribution >= 0.6 is 0 Å². The maximum atomic E-state index is 12.2. The number of benzene rings is 1. The van der Waals surface area contributed by atoms with Crippen LogP contribution < -0.4 is 5.84 Å². The van der Waals surface area contributed by atoms with E-state index >= 15 is 0 Å². The van der Waals surface area contributed by atoms with Crippen molar-refractivity contribution in [1.82, 2.24) is 9.58 Å². The highest BCUT2D eigenvalue weighted by Gasteiger charge is 2.28. The average molecular weight is 315 g/mol. The summed E-state index contributed by atoms with van der Waals surface area (Å²) < 4.78 is 7.15. The molecule has 2 aromatic rings. The Bertz CT molecular complexity index is 707. The second-order valence-electron chi connectivity index (χ2n) is 7.25. The van der Waals surface area contributed by atoms with Gasteiger partial charge in [-0.3, -0.25) is 4.68 Å². The largest absolute Gasteiger partial charge is 0.444 e. The first-order chi connectivity index (χ1) is 10.8. The fourth-order valence-corrected chi connectivity index (χ4v) is 3.26. The van der Waals surface area contributed by atoms with E-state index in [9.17, 15) is 4.79 Å².